The first-order chi connectivity index (χ1) is 17.0. The predicted octanol–water partition coefficient (Wildman–Crippen LogP) is 5.85. The summed E-state index contributed by atoms with van der Waals surface area (Å²) in [6.45, 7) is 4.04. The van der Waals surface area contributed by atoms with Gasteiger partial charge in [0.15, 0.2) is 5.11 Å². The van der Waals surface area contributed by atoms with Gasteiger partial charge < -0.3 is 24.3 Å². The molecule has 6 nitrogen and oxygen atoms in total. The number of nitrogens with zero attached hydrogens (tertiary/aromatic N) is 3. The van der Waals surface area contributed by atoms with E-state index >= 15 is 0 Å². The molecule has 5 rings (SSSR count). The van der Waals surface area contributed by atoms with Crippen LogP contribution in [0.4, 0.5) is 5.69 Å². The Morgan fingerprint density at radius 1 is 0.914 bits per heavy atom. The van der Waals surface area contributed by atoms with E-state index in [0.717, 1.165) is 34.3 Å². The summed E-state index contributed by atoms with van der Waals surface area (Å²) < 4.78 is 13.5. The van der Waals surface area contributed by atoms with E-state index in [1.807, 2.05) is 68.6 Å². The number of thiocarbonyl (C=S) groups is 1. The van der Waals surface area contributed by atoms with E-state index in [-0.39, 0.29) is 18.2 Å². The molecule has 0 spiro atoms. The zero-order valence-electron chi connectivity index (χ0n) is 20.0. The van der Waals surface area contributed by atoms with Crippen molar-refractivity contribution in [1.29, 1.82) is 0 Å². The molecule has 1 aliphatic heterocycles. The van der Waals surface area contributed by atoms with Crippen molar-refractivity contribution >= 4 is 23.0 Å². The van der Waals surface area contributed by atoms with Crippen LogP contribution in [-0.4, -0.2) is 27.9 Å². The van der Waals surface area contributed by atoms with Crippen molar-refractivity contribution in [2.24, 2.45) is 0 Å². The lowest BCUT2D eigenvalue weighted by atomic mass is 10.0. The normalized spacial score (nSPS) is 17.5. The highest BCUT2D eigenvalue weighted by molar-refractivity contribution is 7.80. The smallest absolute Gasteiger partial charge is 0.174 e. The lowest BCUT2D eigenvalue weighted by Crippen LogP contribution is -2.30. The average Bonchev–Trinajstić information content (AvgIpc) is 3.49. The number of nitrogens with one attached hydrogen (secondary N) is 1. The number of benzene rings is 2. The topological polar surface area (TPSA) is 51.5 Å². The van der Waals surface area contributed by atoms with Crippen LogP contribution >= 0.6 is 12.2 Å². The van der Waals surface area contributed by atoms with Gasteiger partial charge in [-0.05, 0) is 86.7 Å². The van der Waals surface area contributed by atoms with Gasteiger partial charge in [0.25, 0.3) is 0 Å². The number of rotatable bonds is 7. The molecule has 0 saturated carbocycles. The van der Waals surface area contributed by atoms with Crippen LogP contribution in [0.2, 0.25) is 0 Å². The summed E-state index contributed by atoms with van der Waals surface area (Å²) in [6.07, 6.45) is 4.00. The Kier molecular flexibility index (Phi) is 6.42. The van der Waals surface area contributed by atoms with Crippen molar-refractivity contribution in [2.75, 3.05) is 12.0 Å². The average molecular weight is 485 g/mol. The van der Waals surface area contributed by atoms with Crippen LogP contribution in [0.15, 0.2) is 91.3 Å². The number of ether oxygens (including phenoxy) is 2. The van der Waals surface area contributed by atoms with Crippen LogP contribution in [0.25, 0.3) is 5.69 Å². The quantitative estimate of drug-likeness (QED) is 0.332. The van der Waals surface area contributed by atoms with Gasteiger partial charge in [0, 0.05) is 35.5 Å². The Morgan fingerprint density at radius 2 is 1.74 bits per heavy atom. The molecular weight excluding hydrogens is 456 g/mol. The maximum absolute atomic E-state index is 5.88. The molecule has 1 N–H and O–H groups in total. The highest BCUT2D eigenvalue weighted by Crippen LogP contribution is 2.42. The monoisotopic (exact) mass is 484 g/mol. The molecule has 0 radical (unpaired) electrons. The first-order valence-corrected chi connectivity index (χ1v) is 12.0. The van der Waals surface area contributed by atoms with Gasteiger partial charge in [0.1, 0.15) is 17.5 Å². The molecule has 7 heteroatoms. The molecule has 0 amide bonds. The SMILES string of the molecule is COc1cccc(-n2cccc2[C@H]2[C@@H](c3ccccn3)NC(=S)N2c2ccc(OC(C)C)cc2)c1. The highest BCUT2D eigenvalue weighted by Gasteiger charge is 2.42. The minimum atomic E-state index is -0.130. The maximum atomic E-state index is 5.88. The summed E-state index contributed by atoms with van der Waals surface area (Å²) in [4.78, 5) is 6.83. The molecule has 1 aliphatic rings. The van der Waals surface area contributed by atoms with Crippen molar-refractivity contribution in [3.8, 4) is 17.2 Å². The van der Waals surface area contributed by atoms with Crippen LogP contribution < -0.4 is 19.7 Å². The van der Waals surface area contributed by atoms with Gasteiger partial charge >= 0.3 is 0 Å². The number of hydrogen-bond acceptors (Lipinski definition) is 4. The molecule has 4 aromatic rings. The molecule has 0 unspecified atom stereocenters. The maximum Gasteiger partial charge on any atom is 0.174 e. The fourth-order valence-corrected chi connectivity index (χ4v) is 4.87. The van der Waals surface area contributed by atoms with Crippen LogP contribution in [-0.2, 0) is 0 Å². The van der Waals surface area contributed by atoms with E-state index in [1.54, 1.807) is 7.11 Å². The van der Waals surface area contributed by atoms with Gasteiger partial charge in [-0.1, -0.05) is 12.1 Å². The molecule has 178 valence electrons. The minimum absolute atomic E-state index is 0.114. The van der Waals surface area contributed by atoms with Crippen LogP contribution in [0.3, 0.4) is 0 Å². The lowest BCUT2D eigenvalue weighted by Gasteiger charge is -2.29. The summed E-state index contributed by atoms with van der Waals surface area (Å²) in [5.74, 6) is 1.64. The van der Waals surface area contributed by atoms with Crippen LogP contribution in [0.1, 0.15) is 37.3 Å². The van der Waals surface area contributed by atoms with E-state index < -0.39 is 0 Å². The number of pyridine rings is 1. The van der Waals surface area contributed by atoms with Crippen molar-refractivity contribution < 1.29 is 9.47 Å². The second-order valence-electron chi connectivity index (χ2n) is 8.66. The minimum Gasteiger partial charge on any atom is -0.497 e. The third kappa shape index (κ3) is 4.59. The Bertz CT molecular complexity index is 1300. The van der Waals surface area contributed by atoms with Gasteiger partial charge in [-0.25, -0.2) is 0 Å². The molecule has 1 saturated heterocycles. The van der Waals surface area contributed by atoms with Crippen LogP contribution in [0, 0.1) is 0 Å². The van der Waals surface area contributed by atoms with Gasteiger partial charge in [0.2, 0.25) is 0 Å². The predicted molar refractivity (Wildman–Crippen MR) is 142 cm³/mol. The summed E-state index contributed by atoms with van der Waals surface area (Å²) in [5, 5.41) is 4.18. The molecule has 1 fully saturated rings. The second kappa shape index (κ2) is 9.80. The Labute approximate surface area is 211 Å². The van der Waals surface area contributed by atoms with E-state index in [0.29, 0.717) is 5.11 Å². The van der Waals surface area contributed by atoms with Crippen molar-refractivity contribution in [3.05, 3.63) is 103 Å². The molecule has 2 aromatic carbocycles. The lowest BCUT2D eigenvalue weighted by molar-refractivity contribution is 0.242. The molecular formula is C28H28N4O2S. The third-order valence-electron chi connectivity index (χ3n) is 6.00. The van der Waals surface area contributed by atoms with Crippen LogP contribution in [0.5, 0.6) is 11.5 Å². The first-order valence-electron chi connectivity index (χ1n) is 11.6. The Balaban J connectivity index is 1.61. The summed E-state index contributed by atoms with van der Waals surface area (Å²) >= 11 is 5.88. The number of anilines is 1. The van der Waals surface area contributed by atoms with E-state index in [9.17, 15) is 0 Å². The van der Waals surface area contributed by atoms with E-state index in [2.05, 4.69) is 56.3 Å². The fraction of sp³-hybridized carbons (Fsp3) is 0.214. The molecule has 0 aliphatic carbocycles. The summed E-state index contributed by atoms with van der Waals surface area (Å²) in [6, 6.07) is 26.0. The van der Waals surface area contributed by atoms with Crippen molar-refractivity contribution in [1.82, 2.24) is 14.9 Å². The highest BCUT2D eigenvalue weighted by atomic mass is 32.1. The fourth-order valence-electron chi connectivity index (χ4n) is 4.52. The molecule has 35 heavy (non-hydrogen) atoms. The van der Waals surface area contributed by atoms with Crippen molar-refractivity contribution in [3.63, 3.8) is 0 Å². The molecule has 2 aromatic heterocycles. The van der Waals surface area contributed by atoms with E-state index in [1.165, 1.54) is 0 Å². The second-order valence-corrected chi connectivity index (χ2v) is 9.05. The van der Waals surface area contributed by atoms with Gasteiger partial charge in [0.05, 0.1) is 24.9 Å². The third-order valence-corrected chi connectivity index (χ3v) is 6.31. The van der Waals surface area contributed by atoms with Gasteiger partial charge in [-0.2, -0.15) is 0 Å². The van der Waals surface area contributed by atoms with Crippen molar-refractivity contribution in [2.45, 2.75) is 32.0 Å². The zero-order valence-corrected chi connectivity index (χ0v) is 20.8. The van der Waals surface area contributed by atoms with Gasteiger partial charge in [-0.15, -0.1) is 0 Å². The van der Waals surface area contributed by atoms with Gasteiger partial charge in [-0.3, -0.25) is 4.98 Å². The number of aromatic nitrogens is 2. The zero-order chi connectivity index (χ0) is 24.4. The Hall–Kier alpha value is -3.84. The largest absolute Gasteiger partial charge is 0.497 e. The molecule has 0 bridgehead atoms. The van der Waals surface area contributed by atoms with E-state index in [4.69, 9.17) is 21.7 Å². The molecule has 3 heterocycles. The standard InChI is InChI=1S/C28H28N4O2S/c1-19(2)34-22-14-12-20(13-15-22)32-27(26(30-28(32)35)24-10-4-5-16-29-24)25-11-7-17-31(25)21-8-6-9-23(18-21)33-3/h4-19,26-27H,1-3H3,(H,30,35)/t26-,27+/m1/s1. The summed E-state index contributed by atoms with van der Waals surface area (Å²) in [5.41, 5.74) is 4.02. The molecule has 2 atom stereocenters. The number of methoxy groups -OCH3 is 1. The summed E-state index contributed by atoms with van der Waals surface area (Å²) in [7, 11) is 1.68. The first kappa shape index (κ1) is 22.9. The number of hydrogen-bond donors (Lipinski definition) is 1. The Morgan fingerprint density at radius 3 is 2.46 bits per heavy atom.